The summed E-state index contributed by atoms with van der Waals surface area (Å²) in [6.45, 7) is 9.03. The molecule has 2 amide bonds. The molecule has 1 aliphatic rings. The first kappa shape index (κ1) is 18.5. The highest BCUT2D eigenvalue weighted by atomic mass is 16.5. The number of hydrogen-bond acceptors (Lipinski definition) is 5. The standard InChI is InChI=1S/C17H28N4O3/c1-12(21-10-13(2)24-14(3)11-21)8-19-17(22)20-9-15-6-5-7-18-16(15)23-4/h5-7,12-14H,8-11H2,1-4H3,(H2,19,20,22)/t12-,13-,14-/m0/s1. The van der Waals surface area contributed by atoms with Crippen molar-refractivity contribution in [3.63, 3.8) is 0 Å². The summed E-state index contributed by atoms with van der Waals surface area (Å²) in [5.41, 5.74) is 0.846. The predicted molar refractivity (Wildman–Crippen MR) is 92.1 cm³/mol. The fourth-order valence-corrected chi connectivity index (χ4v) is 2.93. The van der Waals surface area contributed by atoms with Crippen LogP contribution in [0.1, 0.15) is 26.3 Å². The largest absolute Gasteiger partial charge is 0.481 e. The van der Waals surface area contributed by atoms with Gasteiger partial charge in [0.15, 0.2) is 0 Å². The molecule has 0 radical (unpaired) electrons. The zero-order chi connectivity index (χ0) is 17.5. The van der Waals surface area contributed by atoms with Crippen molar-refractivity contribution in [3.05, 3.63) is 23.9 Å². The zero-order valence-corrected chi connectivity index (χ0v) is 14.9. The maximum atomic E-state index is 12.0. The van der Waals surface area contributed by atoms with Gasteiger partial charge in [-0.25, -0.2) is 9.78 Å². The molecule has 2 N–H and O–H groups in total. The van der Waals surface area contributed by atoms with Crippen LogP contribution in [0.2, 0.25) is 0 Å². The Morgan fingerprint density at radius 3 is 2.79 bits per heavy atom. The van der Waals surface area contributed by atoms with Gasteiger partial charge in [-0.2, -0.15) is 0 Å². The van der Waals surface area contributed by atoms with Crippen molar-refractivity contribution in [2.75, 3.05) is 26.7 Å². The highest BCUT2D eigenvalue weighted by Gasteiger charge is 2.25. The van der Waals surface area contributed by atoms with Crippen LogP contribution in [0.4, 0.5) is 4.79 Å². The normalized spacial score (nSPS) is 22.7. The Hall–Kier alpha value is -1.86. The van der Waals surface area contributed by atoms with Crippen molar-refractivity contribution >= 4 is 6.03 Å². The molecule has 1 saturated heterocycles. The highest BCUT2D eigenvalue weighted by Crippen LogP contribution is 2.14. The number of amides is 2. The molecule has 2 heterocycles. The van der Waals surface area contributed by atoms with Gasteiger partial charge < -0.3 is 20.1 Å². The third kappa shape index (κ3) is 5.35. The number of ether oxygens (including phenoxy) is 2. The number of rotatable bonds is 6. The summed E-state index contributed by atoms with van der Waals surface area (Å²) in [5.74, 6) is 0.530. The van der Waals surface area contributed by atoms with E-state index in [2.05, 4.69) is 41.3 Å². The zero-order valence-electron chi connectivity index (χ0n) is 14.9. The van der Waals surface area contributed by atoms with E-state index in [9.17, 15) is 4.79 Å². The van der Waals surface area contributed by atoms with Crippen LogP contribution in [0.15, 0.2) is 18.3 Å². The number of morpholine rings is 1. The smallest absolute Gasteiger partial charge is 0.315 e. The number of carbonyl (C=O) groups excluding carboxylic acids is 1. The lowest BCUT2D eigenvalue weighted by Gasteiger charge is -2.38. The maximum absolute atomic E-state index is 12.0. The van der Waals surface area contributed by atoms with Gasteiger partial charge in [0.1, 0.15) is 0 Å². The molecule has 2 rings (SSSR count). The Labute approximate surface area is 143 Å². The average molecular weight is 336 g/mol. The first-order valence-corrected chi connectivity index (χ1v) is 8.38. The van der Waals surface area contributed by atoms with Gasteiger partial charge in [-0.3, -0.25) is 4.90 Å². The SMILES string of the molecule is COc1ncccc1CNC(=O)NC[C@H](C)N1C[C@H](C)O[C@@H](C)C1. The number of nitrogens with zero attached hydrogens (tertiary/aromatic N) is 2. The van der Waals surface area contributed by atoms with Gasteiger partial charge in [0, 0.05) is 44.0 Å². The summed E-state index contributed by atoms with van der Waals surface area (Å²) in [5, 5.41) is 5.76. The van der Waals surface area contributed by atoms with Crippen molar-refractivity contribution in [1.29, 1.82) is 0 Å². The van der Waals surface area contributed by atoms with E-state index in [1.807, 2.05) is 12.1 Å². The lowest BCUT2D eigenvalue weighted by molar-refractivity contribution is -0.0778. The second kappa shape index (κ2) is 8.84. The quantitative estimate of drug-likeness (QED) is 0.821. The summed E-state index contributed by atoms with van der Waals surface area (Å²) in [6, 6.07) is 3.77. The van der Waals surface area contributed by atoms with Crippen LogP contribution in [0.25, 0.3) is 0 Å². The second-order valence-corrected chi connectivity index (χ2v) is 6.30. The molecule has 134 valence electrons. The molecule has 7 heteroatoms. The molecule has 0 aromatic carbocycles. The first-order chi connectivity index (χ1) is 11.5. The van der Waals surface area contributed by atoms with Gasteiger partial charge in [-0.05, 0) is 26.8 Å². The van der Waals surface area contributed by atoms with Crippen molar-refractivity contribution in [1.82, 2.24) is 20.5 Å². The molecule has 1 aromatic rings. The predicted octanol–water partition coefficient (Wildman–Crippen LogP) is 1.39. The third-order valence-corrected chi connectivity index (χ3v) is 4.11. The van der Waals surface area contributed by atoms with Gasteiger partial charge in [-0.15, -0.1) is 0 Å². The van der Waals surface area contributed by atoms with Crippen LogP contribution >= 0.6 is 0 Å². The van der Waals surface area contributed by atoms with E-state index in [1.54, 1.807) is 13.3 Å². The van der Waals surface area contributed by atoms with Crippen molar-refractivity contribution in [3.8, 4) is 5.88 Å². The highest BCUT2D eigenvalue weighted by molar-refractivity contribution is 5.73. The van der Waals surface area contributed by atoms with Gasteiger partial charge in [0.2, 0.25) is 5.88 Å². The summed E-state index contributed by atoms with van der Waals surface area (Å²) in [7, 11) is 1.57. The number of methoxy groups -OCH3 is 1. The molecular formula is C17H28N4O3. The van der Waals surface area contributed by atoms with Gasteiger partial charge in [0.05, 0.1) is 19.3 Å². The minimum atomic E-state index is -0.192. The summed E-state index contributed by atoms with van der Waals surface area (Å²) >= 11 is 0. The summed E-state index contributed by atoms with van der Waals surface area (Å²) in [4.78, 5) is 18.5. The fourth-order valence-electron chi connectivity index (χ4n) is 2.93. The number of nitrogens with one attached hydrogen (secondary N) is 2. The third-order valence-electron chi connectivity index (χ3n) is 4.11. The van der Waals surface area contributed by atoms with Crippen LogP contribution in [0, 0.1) is 0 Å². The number of aromatic nitrogens is 1. The molecule has 0 saturated carbocycles. The molecule has 24 heavy (non-hydrogen) atoms. The molecule has 0 aliphatic carbocycles. The number of urea groups is 1. The average Bonchev–Trinajstić information content (AvgIpc) is 2.57. The second-order valence-electron chi connectivity index (χ2n) is 6.30. The lowest BCUT2D eigenvalue weighted by Crippen LogP contribution is -2.52. The van der Waals surface area contributed by atoms with Crippen LogP contribution in [-0.4, -0.2) is 60.9 Å². The monoisotopic (exact) mass is 336 g/mol. The topological polar surface area (TPSA) is 75.7 Å². The van der Waals surface area contributed by atoms with Crippen LogP contribution in [-0.2, 0) is 11.3 Å². The Morgan fingerprint density at radius 2 is 2.12 bits per heavy atom. The van der Waals surface area contributed by atoms with Gasteiger partial charge in [0.25, 0.3) is 0 Å². The van der Waals surface area contributed by atoms with E-state index < -0.39 is 0 Å². The lowest BCUT2D eigenvalue weighted by atomic mass is 10.2. The molecule has 1 fully saturated rings. The Morgan fingerprint density at radius 1 is 1.42 bits per heavy atom. The van der Waals surface area contributed by atoms with Gasteiger partial charge in [-0.1, -0.05) is 6.07 Å². The molecule has 7 nitrogen and oxygen atoms in total. The first-order valence-electron chi connectivity index (χ1n) is 8.38. The van der Waals surface area contributed by atoms with Crippen LogP contribution < -0.4 is 15.4 Å². The molecule has 0 bridgehead atoms. The van der Waals surface area contributed by atoms with E-state index in [-0.39, 0.29) is 24.3 Å². The van der Waals surface area contributed by atoms with E-state index in [0.29, 0.717) is 19.0 Å². The Kier molecular flexibility index (Phi) is 6.81. The Bertz CT molecular complexity index is 530. The molecule has 1 aliphatic heterocycles. The molecule has 1 aromatic heterocycles. The minimum Gasteiger partial charge on any atom is -0.481 e. The Balaban J connectivity index is 1.74. The molecule has 0 spiro atoms. The summed E-state index contributed by atoms with van der Waals surface area (Å²) < 4.78 is 10.9. The van der Waals surface area contributed by atoms with E-state index in [4.69, 9.17) is 9.47 Å². The number of pyridine rings is 1. The number of carbonyl (C=O) groups is 1. The number of hydrogen-bond donors (Lipinski definition) is 2. The minimum absolute atomic E-state index is 0.192. The molecule has 3 atom stereocenters. The molecule has 0 unspecified atom stereocenters. The van der Waals surface area contributed by atoms with E-state index in [0.717, 1.165) is 18.7 Å². The fraction of sp³-hybridized carbons (Fsp3) is 0.647. The van der Waals surface area contributed by atoms with E-state index >= 15 is 0 Å². The van der Waals surface area contributed by atoms with Gasteiger partial charge >= 0.3 is 6.03 Å². The van der Waals surface area contributed by atoms with E-state index in [1.165, 1.54) is 0 Å². The van der Waals surface area contributed by atoms with Crippen molar-refractivity contribution in [2.45, 2.75) is 45.6 Å². The maximum Gasteiger partial charge on any atom is 0.315 e. The van der Waals surface area contributed by atoms with Crippen LogP contribution in [0.5, 0.6) is 5.88 Å². The van der Waals surface area contributed by atoms with Crippen molar-refractivity contribution < 1.29 is 14.3 Å². The van der Waals surface area contributed by atoms with Crippen molar-refractivity contribution in [2.24, 2.45) is 0 Å². The summed E-state index contributed by atoms with van der Waals surface area (Å²) in [6.07, 6.45) is 2.11. The van der Waals surface area contributed by atoms with Crippen LogP contribution in [0.3, 0.4) is 0 Å². The molecular weight excluding hydrogens is 308 g/mol.